The van der Waals surface area contributed by atoms with Crippen molar-refractivity contribution >= 4 is 0 Å². The molecule has 1 unspecified atom stereocenters. The van der Waals surface area contributed by atoms with Gasteiger partial charge in [0.25, 0.3) is 0 Å². The first kappa shape index (κ1) is 8.56. The topological polar surface area (TPSA) is 34.2 Å². The maximum absolute atomic E-state index is 5.33. The van der Waals surface area contributed by atoms with Crippen LogP contribution in [0, 0.1) is 0 Å². The molecule has 2 aromatic rings. The van der Waals surface area contributed by atoms with Crippen molar-refractivity contribution in [2.45, 2.75) is 12.5 Å². The van der Waals surface area contributed by atoms with Gasteiger partial charge in [-0.15, -0.1) is 0 Å². The summed E-state index contributed by atoms with van der Waals surface area (Å²) in [5, 5.41) is 0. The molecule has 0 fully saturated rings. The van der Waals surface area contributed by atoms with Crippen LogP contribution in [0.25, 0.3) is 0 Å². The number of H-pyrrole nitrogens is 1. The van der Waals surface area contributed by atoms with Crippen LogP contribution in [0.15, 0.2) is 42.7 Å². The van der Waals surface area contributed by atoms with Crippen LogP contribution in [0.3, 0.4) is 0 Å². The van der Waals surface area contributed by atoms with E-state index in [0.29, 0.717) is 0 Å². The lowest BCUT2D eigenvalue weighted by Crippen LogP contribution is -2.16. The van der Waals surface area contributed by atoms with Crippen LogP contribution in [0.2, 0.25) is 0 Å². The van der Waals surface area contributed by atoms with Crippen LogP contribution in [0.4, 0.5) is 0 Å². The van der Waals surface area contributed by atoms with E-state index in [1.165, 1.54) is 5.56 Å². The summed E-state index contributed by atoms with van der Waals surface area (Å²) >= 11 is 0. The first-order valence-corrected chi connectivity index (χ1v) is 4.97. The Balaban J connectivity index is 1.89. The van der Waals surface area contributed by atoms with Crippen LogP contribution in [-0.4, -0.2) is 4.98 Å². The minimum Gasteiger partial charge on any atom is -0.367 e. The minimum absolute atomic E-state index is 0.00819. The summed E-state index contributed by atoms with van der Waals surface area (Å²) in [7, 11) is 0. The van der Waals surface area contributed by atoms with E-state index in [9.17, 15) is 0 Å². The number of aromatic amines is 1. The van der Waals surface area contributed by atoms with Crippen molar-refractivity contribution in [3.63, 3.8) is 0 Å². The molecule has 3 nitrogen and oxygen atoms in total. The fourth-order valence-corrected chi connectivity index (χ4v) is 1.81. The van der Waals surface area contributed by atoms with Gasteiger partial charge in [0.15, 0.2) is 5.75 Å². The van der Waals surface area contributed by atoms with Crippen molar-refractivity contribution in [3.8, 4) is 5.75 Å². The second kappa shape index (κ2) is 3.44. The third-order valence-corrected chi connectivity index (χ3v) is 2.63. The van der Waals surface area contributed by atoms with Crippen molar-refractivity contribution in [3.05, 3.63) is 53.9 Å². The summed E-state index contributed by atoms with van der Waals surface area (Å²) in [5.74, 6) is 0.823. The number of aromatic nitrogens is 1. The lowest BCUT2D eigenvalue weighted by atomic mass is 10.0. The Bertz CT molecular complexity index is 450. The number of benzene rings is 1. The molecular formula is C12H11NO2. The molecule has 0 saturated heterocycles. The molecule has 0 spiro atoms. The van der Waals surface area contributed by atoms with Gasteiger partial charge in [-0.1, -0.05) is 18.2 Å². The molecule has 1 aliphatic heterocycles. The number of para-hydroxylation sites is 1. The molecule has 3 heteroatoms. The molecule has 0 radical (unpaired) electrons. The molecule has 0 bridgehead atoms. The van der Waals surface area contributed by atoms with E-state index in [0.717, 1.165) is 17.7 Å². The molecule has 76 valence electrons. The molecule has 1 aromatic heterocycles. The highest BCUT2D eigenvalue weighted by atomic mass is 17.2. The molecule has 0 aliphatic carbocycles. The minimum atomic E-state index is -0.00819. The second-order valence-corrected chi connectivity index (χ2v) is 3.62. The summed E-state index contributed by atoms with van der Waals surface area (Å²) in [6.45, 7) is 0. The van der Waals surface area contributed by atoms with Gasteiger partial charge in [0.05, 0.1) is 0 Å². The number of fused-ring (bicyclic) bond motifs is 1. The van der Waals surface area contributed by atoms with Gasteiger partial charge >= 0.3 is 0 Å². The predicted octanol–water partition coefficient (Wildman–Crippen LogP) is 2.62. The van der Waals surface area contributed by atoms with Crippen molar-refractivity contribution in [2.24, 2.45) is 0 Å². The normalized spacial score (nSPS) is 19.3. The Morgan fingerprint density at radius 2 is 2.13 bits per heavy atom. The molecule has 0 amide bonds. The zero-order chi connectivity index (χ0) is 10.1. The molecule has 0 saturated carbocycles. The largest absolute Gasteiger partial charge is 0.367 e. The number of hydrogen-bond donors (Lipinski definition) is 1. The second-order valence-electron chi connectivity index (χ2n) is 3.62. The van der Waals surface area contributed by atoms with E-state index in [1.54, 1.807) is 0 Å². The lowest BCUT2D eigenvalue weighted by molar-refractivity contribution is -0.257. The molecule has 1 aliphatic rings. The first-order chi connectivity index (χ1) is 7.43. The molecule has 2 heterocycles. The van der Waals surface area contributed by atoms with Gasteiger partial charge in [0.1, 0.15) is 6.10 Å². The highest BCUT2D eigenvalue weighted by Gasteiger charge is 2.22. The van der Waals surface area contributed by atoms with Crippen LogP contribution in [0.5, 0.6) is 5.75 Å². The Kier molecular flexibility index (Phi) is 1.96. The van der Waals surface area contributed by atoms with Crippen molar-refractivity contribution in [1.29, 1.82) is 0 Å². The van der Waals surface area contributed by atoms with E-state index in [1.807, 2.05) is 36.7 Å². The van der Waals surface area contributed by atoms with Crippen molar-refractivity contribution in [2.75, 3.05) is 0 Å². The van der Waals surface area contributed by atoms with E-state index in [4.69, 9.17) is 9.78 Å². The number of rotatable bonds is 1. The Morgan fingerprint density at radius 3 is 3.00 bits per heavy atom. The zero-order valence-electron chi connectivity index (χ0n) is 8.14. The van der Waals surface area contributed by atoms with Crippen LogP contribution in [-0.2, 0) is 11.3 Å². The van der Waals surface area contributed by atoms with E-state index < -0.39 is 0 Å². The van der Waals surface area contributed by atoms with Gasteiger partial charge in [0, 0.05) is 29.9 Å². The third kappa shape index (κ3) is 1.51. The summed E-state index contributed by atoms with van der Waals surface area (Å²) in [6, 6.07) is 9.95. The molecule has 1 N–H and O–H groups in total. The fraction of sp³-hybridized carbons (Fsp3) is 0.167. The van der Waals surface area contributed by atoms with Gasteiger partial charge in [-0.05, 0) is 12.1 Å². The summed E-state index contributed by atoms with van der Waals surface area (Å²) in [5.41, 5.74) is 2.31. The van der Waals surface area contributed by atoms with Crippen molar-refractivity contribution < 1.29 is 9.78 Å². The Morgan fingerprint density at radius 1 is 1.20 bits per heavy atom. The zero-order valence-corrected chi connectivity index (χ0v) is 8.14. The Labute approximate surface area is 87.6 Å². The number of hydrogen-bond acceptors (Lipinski definition) is 2. The molecule has 3 rings (SSSR count). The maximum Gasteiger partial charge on any atom is 0.168 e. The SMILES string of the molecule is c1ccc2c(c1)CC(c1cc[nH]c1)OO2. The van der Waals surface area contributed by atoms with Crippen LogP contribution >= 0.6 is 0 Å². The smallest absolute Gasteiger partial charge is 0.168 e. The first-order valence-electron chi connectivity index (χ1n) is 4.97. The van der Waals surface area contributed by atoms with Crippen LogP contribution < -0.4 is 4.89 Å². The maximum atomic E-state index is 5.33. The summed E-state index contributed by atoms with van der Waals surface area (Å²) < 4.78 is 0. The van der Waals surface area contributed by atoms with Gasteiger partial charge in [0.2, 0.25) is 0 Å². The summed E-state index contributed by atoms with van der Waals surface area (Å²) in [4.78, 5) is 13.6. The average molecular weight is 201 g/mol. The van der Waals surface area contributed by atoms with Gasteiger partial charge < -0.3 is 9.87 Å². The van der Waals surface area contributed by atoms with Crippen LogP contribution in [0.1, 0.15) is 17.2 Å². The molecule has 1 atom stereocenters. The van der Waals surface area contributed by atoms with E-state index in [2.05, 4.69) is 11.1 Å². The monoisotopic (exact) mass is 201 g/mol. The van der Waals surface area contributed by atoms with Gasteiger partial charge in [-0.2, -0.15) is 4.89 Å². The van der Waals surface area contributed by atoms with Crippen molar-refractivity contribution in [1.82, 2.24) is 4.98 Å². The quantitative estimate of drug-likeness (QED) is 0.719. The highest BCUT2D eigenvalue weighted by molar-refractivity contribution is 5.35. The van der Waals surface area contributed by atoms with E-state index in [-0.39, 0.29) is 6.10 Å². The van der Waals surface area contributed by atoms with Gasteiger partial charge in [-0.25, -0.2) is 0 Å². The Hall–Kier alpha value is -1.74. The highest BCUT2D eigenvalue weighted by Crippen LogP contribution is 2.32. The predicted molar refractivity (Wildman–Crippen MR) is 55.4 cm³/mol. The summed E-state index contributed by atoms with van der Waals surface area (Å²) in [6.07, 6.45) is 4.67. The lowest BCUT2D eigenvalue weighted by Gasteiger charge is -2.22. The molecule has 1 aromatic carbocycles. The van der Waals surface area contributed by atoms with E-state index >= 15 is 0 Å². The average Bonchev–Trinajstić information content (AvgIpc) is 2.82. The molecular weight excluding hydrogens is 190 g/mol. The third-order valence-electron chi connectivity index (χ3n) is 2.63. The fourth-order valence-electron chi connectivity index (χ4n) is 1.81. The van der Waals surface area contributed by atoms with Gasteiger partial charge in [-0.3, -0.25) is 0 Å². The standard InChI is InChI=1S/C12H11NO2/c1-2-4-11-9(3-1)7-12(15-14-11)10-5-6-13-8-10/h1-6,8,12-13H,7H2. The molecule has 15 heavy (non-hydrogen) atoms. The number of nitrogens with one attached hydrogen (secondary N) is 1.